The summed E-state index contributed by atoms with van der Waals surface area (Å²) in [6.07, 6.45) is 10.3. The molecular formula is C16H22N2. The molecule has 4 saturated carbocycles. The minimum Gasteiger partial charge on any atom is -0.314 e. The largest absolute Gasteiger partial charge is 0.314 e. The first-order valence-corrected chi connectivity index (χ1v) is 7.34. The number of hydrogen-bond acceptors (Lipinski definition) is 2. The van der Waals surface area contributed by atoms with Gasteiger partial charge in [-0.3, -0.25) is 4.98 Å². The minimum atomic E-state index is 0.383. The summed E-state index contributed by atoms with van der Waals surface area (Å²) >= 11 is 0. The number of pyridine rings is 1. The summed E-state index contributed by atoms with van der Waals surface area (Å²) in [6, 6.07) is 6.46. The Morgan fingerprint density at radius 1 is 1.17 bits per heavy atom. The van der Waals surface area contributed by atoms with E-state index in [0.717, 1.165) is 11.8 Å². The smallest absolute Gasteiger partial charge is 0.0466 e. The topological polar surface area (TPSA) is 24.9 Å². The number of rotatable bonds is 2. The molecule has 4 aliphatic carbocycles. The molecule has 4 fully saturated rings. The first kappa shape index (κ1) is 11.0. The maximum atomic E-state index is 4.71. The standard InChI is InChI=1S/C16H22N2/c1-17-16-9-12-6-13(10-16)8-15(7-12,11-16)14-4-2-3-5-18-14/h2-5,12-13,17H,6-11H2,1H3. The van der Waals surface area contributed by atoms with Crippen LogP contribution in [0.3, 0.4) is 0 Å². The number of nitrogens with zero attached hydrogens (tertiary/aromatic N) is 1. The third-order valence-electron chi connectivity index (χ3n) is 5.80. The molecule has 2 atom stereocenters. The van der Waals surface area contributed by atoms with Crippen molar-refractivity contribution < 1.29 is 0 Å². The average Bonchev–Trinajstić information content (AvgIpc) is 2.38. The van der Waals surface area contributed by atoms with E-state index in [4.69, 9.17) is 4.98 Å². The quantitative estimate of drug-likeness (QED) is 0.862. The normalized spacial score (nSPS) is 45.4. The average molecular weight is 242 g/mol. The molecule has 0 amide bonds. The van der Waals surface area contributed by atoms with Crippen LogP contribution in [0.5, 0.6) is 0 Å². The Morgan fingerprint density at radius 2 is 1.94 bits per heavy atom. The van der Waals surface area contributed by atoms with Gasteiger partial charge in [-0.1, -0.05) is 6.07 Å². The lowest BCUT2D eigenvalue weighted by atomic mass is 9.46. The van der Waals surface area contributed by atoms with E-state index >= 15 is 0 Å². The highest BCUT2D eigenvalue weighted by Crippen LogP contribution is 2.61. The second kappa shape index (κ2) is 3.57. The van der Waals surface area contributed by atoms with E-state index in [1.807, 2.05) is 12.3 Å². The fraction of sp³-hybridized carbons (Fsp3) is 0.688. The van der Waals surface area contributed by atoms with Crippen molar-refractivity contribution in [2.24, 2.45) is 11.8 Å². The van der Waals surface area contributed by atoms with Crippen LogP contribution in [0, 0.1) is 11.8 Å². The molecule has 1 N–H and O–H groups in total. The van der Waals surface area contributed by atoms with Crippen LogP contribution in [0.1, 0.15) is 44.2 Å². The first-order chi connectivity index (χ1) is 8.74. The lowest BCUT2D eigenvalue weighted by Gasteiger charge is -2.62. The molecule has 4 aliphatic rings. The van der Waals surface area contributed by atoms with Crippen molar-refractivity contribution in [1.82, 2.24) is 10.3 Å². The summed E-state index contributed by atoms with van der Waals surface area (Å²) in [5, 5.41) is 3.68. The SMILES string of the molecule is CNC12CC3CC(C1)CC(c1ccccn1)(C3)C2. The van der Waals surface area contributed by atoms with Crippen molar-refractivity contribution in [2.75, 3.05) is 7.05 Å². The Bertz CT molecular complexity index is 439. The molecule has 2 unspecified atom stereocenters. The fourth-order valence-corrected chi connectivity index (χ4v) is 5.53. The zero-order valence-electron chi connectivity index (χ0n) is 11.2. The number of nitrogens with one attached hydrogen (secondary N) is 1. The molecule has 0 saturated heterocycles. The van der Waals surface area contributed by atoms with E-state index < -0.39 is 0 Å². The van der Waals surface area contributed by atoms with Gasteiger partial charge in [-0.25, -0.2) is 0 Å². The molecule has 4 bridgehead atoms. The van der Waals surface area contributed by atoms with Crippen molar-refractivity contribution in [3.63, 3.8) is 0 Å². The molecule has 0 aromatic carbocycles. The predicted molar refractivity (Wildman–Crippen MR) is 72.4 cm³/mol. The van der Waals surface area contributed by atoms with Gasteiger partial charge in [0.1, 0.15) is 0 Å². The van der Waals surface area contributed by atoms with Gasteiger partial charge in [0.15, 0.2) is 0 Å². The van der Waals surface area contributed by atoms with E-state index in [-0.39, 0.29) is 0 Å². The van der Waals surface area contributed by atoms with Crippen molar-refractivity contribution in [2.45, 2.75) is 49.5 Å². The van der Waals surface area contributed by atoms with Crippen molar-refractivity contribution in [1.29, 1.82) is 0 Å². The van der Waals surface area contributed by atoms with Crippen LogP contribution in [-0.4, -0.2) is 17.6 Å². The fourth-order valence-electron chi connectivity index (χ4n) is 5.53. The Morgan fingerprint density at radius 3 is 2.56 bits per heavy atom. The van der Waals surface area contributed by atoms with E-state index in [0.29, 0.717) is 11.0 Å². The Balaban J connectivity index is 1.78. The second-order valence-electron chi connectivity index (χ2n) is 6.99. The zero-order chi connectivity index (χ0) is 12.2. The van der Waals surface area contributed by atoms with E-state index in [1.54, 1.807) is 0 Å². The van der Waals surface area contributed by atoms with Crippen molar-refractivity contribution >= 4 is 0 Å². The van der Waals surface area contributed by atoms with Gasteiger partial charge in [0.05, 0.1) is 0 Å². The third-order valence-corrected chi connectivity index (χ3v) is 5.80. The Labute approximate surface area is 109 Å². The minimum absolute atomic E-state index is 0.383. The van der Waals surface area contributed by atoms with Gasteiger partial charge in [0, 0.05) is 22.8 Å². The molecule has 0 radical (unpaired) electrons. The third kappa shape index (κ3) is 1.41. The van der Waals surface area contributed by atoms with Crippen LogP contribution in [0.4, 0.5) is 0 Å². The van der Waals surface area contributed by atoms with Gasteiger partial charge in [0.2, 0.25) is 0 Å². The van der Waals surface area contributed by atoms with E-state index in [1.165, 1.54) is 44.2 Å². The monoisotopic (exact) mass is 242 g/mol. The van der Waals surface area contributed by atoms with Gasteiger partial charge < -0.3 is 5.32 Å². The van der Waals surface area contributed by atoms with E-state index in [9.17, 15) is 0 Å². The highest BCUT2D eigenvalue weighted by molar-refractivity contribution is 5.26. The Hall–Kier alpha value is -0.890. The molecule has 0 spiro atoms. The lowest BCUT2D eigenvalue weighted by molar-refractivity contribution is -0.0390. The highest BCUT2D eigenvalue weighted by atomic mass is 15.0. The molecule has 5 rings (SSSR count). The van der Waals surface area contributed by atoms with Crippen LogP contribution in [0.25, 0.3) is 0 Å². The molecule has 2 heteroatoms. The lowest BCUT2D eigenvalue weighted by Crippen LogP contribution is -2.62. The maximum Gasteiger partial charge on any atom is 0.0466 e. The van der Waals surface area contributed by atoms with Gasteiger partial charge >= 0.3 is 0 Å². The summed E-state index contributed by atoms with van der Waals surface area (Å²) in [5.41, 5.74) is 2.16. The van der Waals surface area contributed by atoms with Crippen LogP contribution in [0.15, 0.2) is 24.4 Å². The highest BCUT2D eigenvalue weighted by Gasteiger charge is 2.58. The molecule has 1 aromatic rings. The number of aromatic nitrogens is 1. The van der Waals surface area contributed by atoms with E-state index in [2.05, 4.69) is 24.5 Å². The van der Waals surface area contributed by atoms with Crippen molar-refractivity contribution in [3.05, 3.63) is 30.1 Å². The van der Waals surface area contributed by atoms with Gasteiger partial charge in [-0.2, -0.15) is 0 Å². The maximum absolute atomic E-state index is 4.71. The molecule has 1 aromatic heterocycles. The second-order valence-corrected chi connectivity index (χ2v) is 6.99. The summed E-state index contributed by atoms with van der Waals surface area (Å²) in [7, 11) is 2.17. The first-order valence-electron chi connectivity index (χ1n) is 7.34. The van der Waals surface area contributed by atoms with Gasteiger partial charge in [0.25, 0.3) is 0 Å². The molecular weight excluding hydrogens is 220 g/mol. The summed E-state index contributed by atoms with van der Waals surface area (Å²) in [4.78, 5) is 4.71. The summed E-state index contributed by atoms with van der Waals surface area (Å²) in [6.45, 7) is 0. The van der Waals surface area contributed by atoms with Crippen LogP contribution >= 0.6 is 0 Å². The molecule has 0 aliphatic heterocycles. The van der Waals surface area contributed by atoms with Crippen LogP contribution < -0.4 is 5.32 Å². The van der Waals surface area contributed by atoms with Crippen LogP contribution in [0.2, 0.25) is 0 Å². The molecule has 96 valence electrons. The van der Waals surface area contributed by atoms with Gasteiger partial charge in [-0.15, -0.1) is 0 Å². The predicted octanol–water partition coefficient (Wildman–Crippen LogP) is 2.89. The zero-order valence-corrected chi connectivity index (χ0v) is 11.2. The summed E-state index contributed by atoms with van der Waals surface area (Å²) in [5.74, 6) is 1.86. The summed E-state index contributed by atoms with van der Waals surface area (Å²) < 4.78 is 0. The number of hydrogen-bond donors (Lipinski definition) is 1. The Kier molecular flexibility index (Phi) is 2.18. The molecule has 1 heterocycles. The van der Waals surface area contributed by atoms with Gasteiger partial charge in [-0.05, 0) is 69.5 Å². The molecule has 2 nitrogen and oxygen atoms in total. The van der Waals surface area contributed by atoms with Crippen LogP contribution in [-0.2, 0) is 5.41 Å². The molecule has 18 heavy (non-hydrogen) atoms. The van der Waals surface area contributed by atoms with Crippen molar-refractivity contribution in [3.8, 4) is 0 Å².